The normalized spacial score (nSPS) is 22.2. The number of hydrogen-bond donors (Lipinski definition) is 1. The van der Waals surface area contributed by atoms with Gasteiger partial charge in [-0.2, -0.15) is 0 Å². The smallest absolute Gasteiger partial charge is 0.0781 e. The van der Waals surface area contributed by atoms with E-state index >= 15 is 0 Å². The van der Waals surface area contributed by atoms with Crippen molar-refractivity contribution in [1.29, 1.82) is 0 Å². The average molecular weight is 410 g/mol. The molecule has 1 unspecified atom stereocenters. The fourth-order valence-electron chi connectivity index (χ4n) is 5.19. The van der Waals surface area contributed by atoms with Crippen molar-refractivity contribution in [1.82, 2.24) is 15.1 Å². The van der Waals surface area contributed by atoms with Crippen LogP contribution in [0.2, 0.25) is 0 Å². The molecule has 0 radical (unpaired) electrons. The molecule has 2 fully saturated rings. The highest BCUT2D eigenvalue weighted by molar-refractivity contribution is 4.96. The standard InChI is InChI=1S/C25H51N3O/c1-4-5-6-7-8-9-10-11-12-13-14-15-18-27-19-16-17-26-24(27)25(2,3)28-20-22-29-23-21-28/h24,26H,4-23H2,1-3H3. The summed E-state index contributed by atoms with van der Waals surface area (Å²) in [5, 5.41) is 3.84. The largest absolute Gasteiger partial charge is 0.379 e. The molecule has 0 saturated carbocycles. The predicted octanol–water partition coefficient (Wildman–Crippen LogP) is 5.42. The van der Waals surface area contributed by atoms with Gasteiger partial charge in [0.1, 0.15) is 0 Å². The summed E-state index contributed by atoms with van der Waals surface area (Å²) >= 11 is 0. The third kappa shape index (κ3) is 9.25. The molecule has 172 valence electrons. The number of nitrogens with zero attached hydrogens (tertiary/aromatic N) is 2. The second-order valence-electron chi connectivity index (χ2n) is 9.89. The van der Waals surface area contributed by atoms with Gasteiger partial charge in [0.05, 0.1) is 19.4 Å². The topological polar surface area (TPSA) is 27.7 Å². The van der Waals surface area contributed by atoms with E-state index in [0.29, 0.717) is 6.17 Å². The van der Waals surface area contributed by atoms with Gasteiger partial charge in [0.15, 0.2) is 0 Å². The first-order chi connectivity index (χ1) is 14.2. The second-order valence-corrected chi connectivity index (χ2v) is 9.89. The summed E-state index contributed by atoms with van der Waals surface area (Å²) in [6, 6.07) is 0. The Balaban J connectivity index is 1.56. The van der Waals surface area contributed by atoms with Crippen molar-refractivity contribution in [2.45, 2.75) is 116 Å². The molecule has 2 aliphatic heterocycles. The van der Waals surface area contributed by atoms with Crippen LogP contribution in [0.15, 0.2) is 0 Å². The van der Waals surface area contributed by atoms with Crippen LogP contribution in [0.25, 0.3) is 0 Å². The maximum atomic E-state index is 5.58. The number of morpholine rings is 1. The Morgan fingerprint density at radius 1 is 0.793 bits per heavy atom. The molecule has 0 bridgehead atoms. The van der Waals surface area contributed by atoms with Gasteiger partial charge in [0, 0.05) is 25.2 Å². The van der Waals surface area contributed by atoms with E-state index in [4.69, 9.17) is 4.74 Å². The van der Waals surface area contributed by atoms with Crippen molar-refractivity contribution >= 4 is 0 Å². The molecule has 29 heavy (non-hydrogen) atoms. The van der Waals surface area contributed by atoms with E-state index < -0.39 is 0 Å². The third-order valence-electron chi connectivity index (χ3n) is 7.12. The molecule has 4 nitrogen and oxygen atoms in total. The van der Waals surface area contributed by atoms with E-state index in [1.165, 1.54) is 96.6 Å². The molecule has 2 rings (SSSR count). The van der Waals surface area contributed by atoms with E-state index in [0.717, 1.165) is 32.8 Å². The number of ether oxygens (including phenoxy) is 1. The third-order valence-corrected chi connectivity index (χ3v) is 7.12. The van der Waals surface area contributed by atoms with Gasteiger partial charge < -0.3 is 10.1 Å². The highest BCUT2D eigenvalue weighted by Gasteiger charge is 2.40. The van der Waals surface area contributed by atoms with E-state index in [2.05, 4.69) is 35.9 Å². The highest BCUT2D eigenvalue weighted by Crippen LogP contribution is 2.25. The maximum absolute atomic E-state index is 5.58. The summed E-state index contributed by atoms with van der Waals surface area (Å²) in [6.45, 7) is 14.7. The maximum Gasteiger partial charge on any atom is 0.0781 e. The van der Waals surface area contributed by atoms with Crippen molar-refractivity contribution in [2.24, 2.45) is 0 Å². The van der Waals surface area contributed by atoms with Gasteiger partial charge >= 0.3 is 0 Å². The molecule has 1 atom stereocenters. The second kappa shape index (κ2) is 14.8. The van der Waals surface area contributed by atoms with E-state index in [1.54, 1.807) is 0 Å². The van der Waals surface area contributed by atoms with Crippen LogP contribution in [-0.4, -0.2) is 67.4 Å². The van der Waals surface area contributed by atoms with Crippen LogP contribution < -0.4 is 5.32 Å². The molecule has 0 amide bonds. The predicted molar refractivity (Wildman–Crippen MR) is 126 cm³/mol. The van der Waals surface area contributed by atoms with Gasteiger partial charge in [-0.05, 0) is 39.8 Å². The molecule has 0 spiro atoms. The first-order valence-corrected chi connectivity index (χ1v) is 13.0. The lowest BCUT2D eigenvalue weighted by Gasteiger charge is -2.51. The summed E-state index contributed by atoms with van der Waals surface area (Å²) in [5.41, 5.74) is 0.168. The minimum Gasteiger partial charge on any atom is -0.379 e. The summed E-state index contributed by atoms with van der Waals surface area (Å²) < 4.78 is 5.58. The molecule has 0 aliphatic carbocycles. The van der Waals surface area contributed by atoms with E-state index in [-0.39, 0.29) is 5.54 Å². The number of unbranched alkanes of at least 4 members (excludes halogenated alkanes) is 11. The van der Waals surface area contributed by atoms with Gasteiger partial charge in [0.2, 0.25) is 0 Å². The Morgan fingerprint density at radius 2 is 1.34 bits per heavy atom. The summed E-state index contributed by atoms with van der Waals surface area (Å²) in [7, 11) is 0. The van der Waals surface area contributed by atoms with Gasteiger partial charge in [-0.1, -0.05) is 77.6 Å². The Bertz CT molecular complexity index is 396. The Labute approximate surface area is 182 Å². The van der Waals surface area contributed by atoms with E-state index in [9.17, 15) is 0 Å². The number of rotatable bonds is 15. The highest BCUT2D eigenvalue weighted by atomic mass is 16.5. The lowest BCUT2D eigenvalue weighted by atomic mass is 9.94. The lowest BCUT2D eigenvalue weighted by molar-refractivity contribution is -0.0613. The number of nitrogens with one attached hydrogen (secondary N) is 1. The van der Waals surface area contributed by atoms with Crippen LogP contribution in [0.4, 0.5) is 0 Å². The minimum atomic E-state index is 0.168. The zero-order chi connectivity index (χ0) is 20.8. The van der Waals surface area contributed by atoms with Crippen LogP contribution in [0.5, 0.6) is 0 Å². The Morgan fingerprint density at radius 3 is 1.93 bits per heavy atom. The zero-order valence-electron chi connectivity index (χ0n) is 20.0. The monoisotopic (exact) mass is 409 g/mol. The van der Waals surface area contributed by atoms with Gasteiger partial charge in [-0.15, -0.1) is 0 Å². The molecule has 1 N–H and O–H groups in total. The van der Waals surface area contributed by atoms with Crippen LogP contribution in [0, 0.1) is 0 Å². The zero-order valence-corrected chi connectivity index (χ0v) is 20.0. The molecule has 4 heteroatoms. The quantitative estimate of drug-likeness (QED) is 0.366. The van der Waals surface area contributed by atoms with Crippen molar-refractivity contribution in [3.8, 4) is 0 Å². The molecule has 2 aliphatic rings. The molecular formula is C25H51N3O. The minimum absolute atomic E-state index is 0.168. The molecule has 0 aromatic carbocycles. The van der Waals surface area contributed by atoms with Crippen molar-refractivity contribution < 1.29 is 4.74 Å². The first-order valence-electron chi connectivity index (χ1n) is 13.0. The van der Waals surface area contributed by atoms with Gasteiger partial charge in [-0.3, -0.25) is 9.80 Å². The first kappa shape index (κ1) is 25.1. The van der Waals surface area contributed by atoms with Crippen molar-refractivity contribution in [3.63, 3.8) is 0 Å². The Hall–Kier alpha value is -0.160. The lowest BCUT2D eigenvalue weighted by Crippen LogP contribution is -2.68. The number of hydrogen-bond acceptors (Lipinski definition) is 4. The van der Waals surface area contributed by atoms with Crippen LogP contribution >= 0.6 is 0 Å². The summed E-state index contributed by atoms with van der Waals surface area (Å²) in [4.78, 5) is 5.37. The average Bonchev–Trinajstić information content (AvgIpc) is 2.75. The molecular weight excluding hydrogens is 358 g/mol. The summed E-state index contributed by atoms with van der Waals surface area (Å²) in [6.07, 6.45) is 18.9. The molecule has 2 saturated heterocycles. The summed E-state index contributed by atoms with van der Waals surface area (Å²) in [5.74, 6) is 0. The van der Waals surface area contributed by atoms with Crippen LogP contribution in [0.1, 0.15) is 104 Å². The van der Waals surface area contributed by atoms with Crippen LogP contribution in [0.3, 0.4) is 0 Å². The van der Waals surface area contributed by atoms with Gasteiger partial charge in [-0.25, -0.2) is 0 Å². The fraction of sp³-hybridized carbons (Fsp3) is 1.00. The van der Waals surface area contributed by atoms with Crippen molar-refractivity contribution in [3.05, 3.63) is 0 Å². The fourth-order valence-corrected chi connectivity index (χ4v) is 5.19. The SMILES string of the molecule is CCCCCCCCCCCCCCN1CCCNC1C(C)(C)N1CCOCC1. The molecule has 0 aromatic rings. The Kier molecular flexibility index (Phi) is 12.8. The molecule has 2 heterocycles. The van der Waals surface area contributed by atoms with Crippen LogP contribution in [-0.2, 0) is 4.74 Å². The molecule has 0 aromatic heterocycles. The van der Waals surface area contributed by atoms with Gasteiger partial charge in [0.25, 0.3) is 0 Å². The van der Waals surface area contributed by atoms with E-state index in [1.807, 2.05) is 0 Å². The van der Waals surface area contributed by atoms with Crippen molar-refractivity contribution in [2.75, 3.05) is 45.9 Å².